The summed E-state index contributed by atoms with van der Waals surface area (Å²) >= 11 is 0. The zero-order chi connectivity index (χ0) is 14.0. The van der Waals surface area contributed by atoms with Gasteiger partial charge in [-0.15, -0.1) is 12.4 Å². The lowest BCUT2D eigenvalue weighted by Gasteiger charge is -2.23. The molecule has 6 heteroatoms. The SMILES string of the molecule is Cl.O=S(=O)(N[C@H]1CCCNC1)c1cccc2ccccc12. The molecule has 0 aliphatic carbocycles. The molecule has 0 radical (unpaired) electrons. The molecule has 1 saturated heterocycles. The van der Waals surface area contributed by atoms with E-state index in [-0.39, 0.29) is 18.4 Å². The third-order valence-electron chi connectivity index (χ3n) is 3.66. The molecule has 2 N–H and O–H groups in total. The van der Waals surface area contributed by atoms with Crippen LogP contribution in [0.15, 0.2) is 47.4 Å². The standard InChI is InChI=1S/C15H18N2O2S.ClH/c18-20(19,17-13-7-4-10-16-11-13)15-9-3-6-12-5-1-2-8-14(12)15;/h1-3,5-6,8-9,13,16-17H,4,7,10-11H2;1H/t13-;/m0./s1. The summed E-state index contributed by atoms with van der Waals surface area (Å²) in [5, 5.41) is 4.93. The predicted octanol–water partition coefficient (Wildman–Crippen LogP) is 2.29. The van der Waals surface area contributed by atoms with Crippen LogP contribution in [0.25, 0.3) is 10.8 Å². The van der Waals surface area contributed by atoms with Gasteiger partial charge < -0.3 is 5.32 Å². The first kappa shape index (κ1) is 16.2. The number of hydrogen-bond donors (Lipinski definition) is 2. The number of halogens is 1. The molecule has 1 aliphatic rings. The van der Waals surface area contributed by atoms with E-state index in [2.05, 4.69) is 10.0 Å². The molecule has 0 saturated carbocycles. The molecular formula is C15H19ClN2O2S. The fourth-order valence-electron chi connectivity index (χ4n) is 2.67. The van der Waals surface area contributed by atoms with Crippen molar-refractivity contribution < 1.29 is 8.42 Å². The Morgan fingerprint density at radius 2 is 1.86 bits per heavy atom. The van der Waals surface area contributed by atoms with E-state index in [9.17, 15) is 8.42 Å². The summed E-state index contributed by atoms with van der Waals surface area (Å²) in [5.74, 6) is 0. The summed E-state index contributed by atoms with van der Waals surface area (Å²) in [7, 11) is -3.48. The van der Waals surface area contributed by atoms with E-state index in [1.54, 1.807) is 12.1 Å². The largest absolute Gasteiger partial charge is 0.315 e. The predicted molar refractivity (Wildman–Crippen MR) is 87.4 cm³/mol. The second-order valence-electron chi connectivity index (χ2n) is 5.14. The lowest BCUT2D eigenvalue weighted by atomic mass is 10.1. The summed E-state index contributed by atoms with van der Waals surface area (Å²) in [6, 6.07) is 12.9. The Balaban J connectivity index is 0.00000161. The minimum Gasteiger partial charge on any atom is -0.315 e. The molecular weight excluding hydrogens is 308 g/mol. The normalized spacial score (nSPS) is 19.1. The minimum atomic E-state index is -3.48. The third-order valence-corrected chi connectivity index (χ3v) is 5.24. The number of rotatable bonds is 3. The molecule has 4 nitrogen and oxygen atoms in total. The van der Waals surface area contributed by atoms with E-state index < -0.39 is 10.0 Å². The van der Waals surface area contributed by atoms with Crippen molar-refractivity contribution >= 4 is 33.2 Å². The van der Waals surface area contributed by atoms with Crippen LogP contribution in [-0.4, -0.2) is 27.5 Å². The van der Waals surface area contributed by atoms with Crippen LogP contribution in [0.2, 0.25) is 0 Å². The van der Waals surface area contributed by atoms with Gasteiger partial charge in [-0.1, -0.05) is 36.4 Å². The van der Waals surface area contributed by atoms with Crippen molar-refractivity contribution in [3.63, 3.8) is 0 Å². The zero-order valence-corrected chi connectivity index (χ0v) is 13.2. The lowest BCUT2D eigenvalue weighted by Crippen LogP contribution is -2.45. The maximum absolute atomic E-state index is 12.6. The fourth-order valence-corrected chi connectivity index (χ4v) is 4.17. The van der Waals surface area contributed by atoms with Gasteiger partial charge in [-0.3, -0.25) is 0 Å². The second kappa shape index (κ2) is 6.75. The molecule has 1 aliphatic heterocycles. The van der Waals surface area contributed by atoms with Gasteiger partial charge in [0.1, 0.15) is 0 Å². The molecule has 0 spiro atoms. The minimum absolute atomic E-state index is 0. The number of sulfonamides is 1. The van der Waals surface area contributed by atoms with Gasteiger partial charge >= 0.3 is 0 Å². The van der Waals surface area contributed by atoms with Crippen molar-refractivity contribution in [2.75, 3.05) is 13.1 Å². The summed E-state index contributed by atoms with van der Waals surface area (Å²) in [6.07, 6.45) is 1.89. The maximum atomic E-state index is 12.6. The number of piperidine rings is 1. The van der Waals surface area contributed by atoms with E-state index in [0.717, 1.165) is 30.2 Å². The Morgan fingerprint density at radius 3 is 2.62 bits per heavy atom. The van der Waals surface area contributed by atoms with Gasteiger partial charge in [0, 0.05) is 18.0 Å². The van der Waals surface area contributed by atoms with Crippen molar-refractivity contribution in [1.29, 1.82) is 0 Å². The highest BCUT2D eigenvalue weighted by atomic mass is 35.5. The van der Waals surface area contributed by atoms with E-state index in [1.807, 2.05) is 30.3 Å². The van der Waals surface area contributed by atoms with Crippen LogP contribution < -0.4 is 10.0 Å². The number of benzene rings is 2. The van der Waals surface area contributed by atoms with E-state index in [0.29, 0.717) is 11.4 Å². The lowest BCUT2D eigenvalue weighted by molar-refractivity contribution is 0.429. The van der Waals surface area contributed by atoms with E-state index in [4.69, 9.17) is 0 Å². The van der Waals surface area contributed by atoms with Gasteiger partial charge in [0.15, 0.2) is 0 Å². The molecule has 0 bridgehead atoms. The first-order valence-corrected chi connectivity index (χ1v) is 8.36. The summed E-state index contributed by atoms with van der Waals surface area (Å²) in [5.41, 5.74) is 0. The van der Waals surface area contributed by atoms with Gasteiger partial charge in [-0.05, 0) is 30.8 Å². The van der Waals surface area contributed by atoms with Crippen molar-refractivity contribution in [3.8, 4) is 0 Å². The van der Waals surface area contributed by atoms with E-state index in [1.165, 1.54) is 0 Å². The first-order valence-electron chi connectivity index (χ1n) is 6.88. The number of fused-ring (bicyclic) bond motifs is 1. The summed E-state index contributed by atoms with van der Waals surface area (Å²) in [6.45, 7) is 1.66. The van der Waals surface area contributed by atoms with Crippen LogP contribution in [0.3, 0.4) is 0 Å². The van der Waals surface area contributed by atoms with Crippen LogP contribution in [0.4, 0.5) is 0 Å². The number of hydrogen-bond acceptors (Lipinski definition) is 3. The highest BCUT2D eigenvalue weighted by molar-refractivity contribution is 7.89. The molecule has 21 heavy (non-hydrogen) atoms. The fraction of sp³-hybridized carbons (Fsp3) is 0.333. The maximum Gasteiger partial charge on any atom is 0.241 e. The Hall–Kier alpha value is -1.14. The Kier molecular flexibility index (Phi) is 5.22. The van der Waals surface area contributed by atoms with Crippen LogP contribution in [0.5, 0.6) is 0 Å². The monoisotopic (exact) mass is 326 g/mol. The van der Waals surface area contributed by atoms with E-state index >= 15 is 0 Å². The molecule has 0 unspecified atom stereocenters. The molecule has 1 fully saturated rings. The van der Waals surface area contributed by atoms with Crippen molar-refractivity contribution in [1.82, 2.24) is 10.0 Å². The highest BCUT2D eigenvalue weighted by Crippen LogP contribution is 2.23. The van der Waals surface area contributed by atoms with Crippen LogP contribution in [0, 0.1) is 0 Å². The van der Waals surface area contributed by atoms with Gasteiger partial charge in [0.25, 0.3) is 0 Å². The van der Waals surface area contributed by atoms with Crippen LogP contribution in [-0.2, 0) is 10.0 Å². The van der Waals surface area contributed by atoms with Gasteiger partial charge in [0.2, 0.25) is 10.0 Å². The molecule has 114 valence electrons. The summed E-state index contributed by atoms with van der Waals surface area (Å²) < 4.78 is 28.0. The Morgan fingerprint density at radius 1 is 1.10 bits per heavy atom. The molecule has 0 aromatic heterocycles. The van der Waals surface area contributed by atoms with Gasteiger partial charge in [-0.25, -0.2) is 13.1 Å². The van der Waals surface area contributed by atoms with Crippen molar-refractivity contribution in [2.45, 2.75) is 23.8 Å². The second-order valence-corrected chi connectivity index (χ2v) is 6.82. The molecule has 1 atom stereocenters. The summed E-state index contributed by atoms with van der Waals surface area (Å²) in [4.78, 5) is 0.362. The third kappa shape index (κ3) is 3.55. The molecule has 2 aromatic rings. The Labute approximate surface area is 131 Å². The molecule has 3 rings (SSSR count). The average molecular weight is 327 g/mol. The molecule has 2 aromatic carbocycles. The number of nitrogens with one attached hydrogen (secondary N) is 2. The Bertz CT molecular complexity index is 707. The average Bonchev–Trinajstić information content (AvgIpc) is 2.47. The van der Waals surface area contributed by atoms with Gasteiger partial charge in [-0.2, -0.15) is 0 Å². The smallest absolute Gasteiger partial charge is 0.241 e. The molecule has 0 amide bonds. The van der Waals surface area contributed by atoms with Crippen molar-refractivity contribution in [2.24, 2.45) is 0 Å². The van der Waals surface area contributed by atoms with Crippen LogP contribution in [0.1, 0.15) is 12.8 Å². The topological polar surface area (TPSA) is 58.2 Å². The van der Waals surface area contributed by atoms with Crippen molar-refractivity contribution in [3.05, 3.63) is 42.5 Å². The quantitative estimate of drug-likeness (QED) is 0.910. The molecule has 1 heterocycles. The van der Waals surface area contributed by atoms with Crippen LogP contribution >= 0.6 is 12.4 Å². The van der Waals surface area contributed by atoms with Gasteiger partial charge in [0.05, 0.1) is 4.90 Å². The highest BCUT2D eigenvalue weighted by Gasteiger charge is 2.22. The zero-order valence-electron chi connectivity index (χ0n) is 11.6. The first-order chi connectivity index (χ1) is 9.67.